The van der Waals surface area contributed by atoms with Gasteiger partial charge in [-0.25, -0.2) is 16.8 Å². The Labute approximate surface area is 206 Å². The molecule has 138 valence electrons. The van der Waals surface area contributed by atoms with E-state index in [9.17, 15) is 25.9 Å². The molecule has 2 aromatic carbocycles. The van der Waals surface area contributed by atoms with Crippen molar-refractivity contribution in [2.75, 3.05) is 10.9 Å². The number of hydrogen-bond donors (Lipinski definition) is 2. The maximum Gasteiger partial charge on any atom is 1.00 e. The minimum atomic E-state index is -4.49. The van der Waals surface area contributed by atoms with Crippen molar-refractivity contribution < 1.29 is 85.1 Å². The zero-order valence-corrected chi connectivity index (χ0v) is 20.6. The molecule has 0 aliphatic carbocycles. The van der Waals surface area contributed by atoms with E-state index in [4.69, 9.17) is 0 Å². The van der Waals surface area contributed by atoms with Crippen molar-refractivity contribution >= 4 is 44.0 Å². The summed E-state index contributed by atoms with van der Waals surface area (Å²) in [6.07, 6.45) is 2.59. The second-order valence-electron chi connectivity index (χ2n) is 4.74. The van der Waals surface area contributed by atoms with Gasteiger partial charge < -0.3 is 9.11 Å². The van der Waals surface area contributed by atoms with Crippen LogP contribution >= 0.6 is 0 Å². The smallest absolute Gasteiger partial charge is 0.744 e. The average molecular weight is 442 g/mol. The van der Waals surface area contributed by atoms with Gasteiger partial charge in [-0.1, -0.05) is 0 Å². The van der Waals surface area contributed by atoms with Crippen LogP contribution in [0, 0.1) is 0 Å². The normalized spacial score (nSPS) is 11.6. The fourth-order valence-corrected chi connectivity index (χ4v) is 2.62. The molecule has 10 nitrogen and oxygen atoms in total. The van der Waals surface area contributed by atoms with Crippen LogP contribution in [0.2, 0.25) is 0 Å². The molecule has 2 rings (SSSR count). The maximum absolute atomic E-state index is 10.8. The summed E-state index contributed by atoms with van der Waals surface area (Å²) in [7, 11) is -8.97. The minimum absolute atomic E-state index is 0. The van der Waals surface area contributed by atoms with Gasteiger partial charge in [0, 0.05) is 0 Å². The van der Waals surface area contributed by atoms with Crippen LogP contribution in [-0.4, -0.2) is 38.4 Å². The van der Waals surface area contributed by atoms with Crippen molar-refractivity contribution in [2.45, 2.75) is 9.79 Å². The van der Waals surface area contributed by atoms with E-state index in [-0.39, 0.29) is 68.9 Å². The third-order valence-electron chi connectivity index (χ3n) is 2.89. The van der Waals surface area contributed by atoms with Gasteiger partial charge in [-0.3, -0.25) is 10.9 Å². The van der Waals surface area contributed by atoms with Crippen molar-refractivity contribution in [3.63, 3.8) is 0 Å². The third kappa shape index (κ3) is 9.13. The van der Waals surface area contributed by atoms with E-state index in [1.165, 1.54) is 36.7 Å². The van der Waals surface area contributed by atoms with Crippen molar-refractivity contribution in [3.05, 3.63) is 48.5 Å². The first-order valence-corrected chi connectivity index (χ1v) is 9.66. The summed E-state index contributed by atoms with van der Waals surface area (Å²) < 4.78 is 64.7. The van der Waals surface area contributed by atoms with E-state index in [0.717, 1.165) is 24.3 Å². The van der Waals surface area contributed by atoms with Crippen molar-refractivity contribution in [1.29, 1.82) is 0 Å². The number of nitrogens with one attached hydrogen (secondary N) is 2. The maximum atomic E-state index is 10.8. The minimum Gasteiger partial charge on any atom is -0.744 e. The van der Waals surface area contributed by atoms with Crippen LogP contribution < -0.4 is 70.0 Å². The van der Waals surface area contributed by atoms with Gasteiger partial charge in [0.05, 0.1) is 33.6 Å². The monoisotopic (exact) mass is 442 g/mol. The van der Waals surface area contributed by atoms with Gasteiger partial charge in [0.25, 0.3) is 0 Å². The molecule has 2 aromatic rings. The van der Waals surface area contributed by atoms with E-state index >= 15 is 0 Å². The zero-order valence-electron chi connectivity index (χ0n) is 14.9. The fourth-order valence-electron chi connectivity index (χ4n) is 1.68. The number of benzene rings is 2. The third-order valence-corrected chi connectivity index (χ3v) is 4.59. The van der Waals surface area contributed by atoms with Gasteiger partial charge in [-0.05, 0) is 48.5 Å². The van der Waals surface area contributed by atoms with Crippen molar-refractivity contribution in [1.82, 2.24) is 0 Å². The topological polar surface area (TPSA) is 163 Å². The van der Waals surface area contributed by atoms with Crippen LogP contribution in [0.15, 0.2) is 68.5 Å². The number of hydrogen-bond acceptors (Lipinski definition) is 10. The summed E-state index contributed by atoms with van der Waals surface area (Å²) in [4.78, 5) is -0.679. The molecule has 0 spiro atoms. The van der Waals surface area contributed by atoms with Crippen LogP contribution in [0.4, 0.5) is 11.4 Å². The Balaban J connectivity index is 0.00000364. The van der Waals surface area contributed by atoms with E-state index in [0.29, 0.717) is 11.4 Å². The molecule has 0 bridgehead atoms. The molecule has 2 N–H and O–H groups in total. The first-order valence-electron chi connectivity index (χ1n) is 6.85. The SMILES string of the molecule is O=S(=O)([O-])c1ccc(N/N=C/C=N/Nc2ccc(S(=O)(=O)[O-])cc2)cc1.[Na+].[Na+]. The first-order chi connectivity index (χ1) is 12.2. The summed E-state index contributed by atoms with van der Waals surface area (Å²) in [5.41, 5.74) is 6.12. The Bertz CT molecular complexity index is 939. The van der Waals surface area contributed by atoms with Crippen LogP contribution in [-0.2, 0) is 20.2 Å². The molecule has 0 unspecified atom stereocenters. The van der Waals surface area contributed by atoms with Gasteiger partial charge in [0.1, 0.15) is 20.2 Å². The van der Waals surface area contributed by atoms with E-state index in [1.54, 1.807) is 0 Å². The summed E-state index contributed by atoms with van der Waals surface area (Å²) in [5.74, 6) is 0. The van der Waals surface area contributed by atoms with Gasteiger partial charge >= 0.3 is 59.1 Å². The number of hydrazone groups is 2. The quantitative estimate of drug-likeness (QED) is 0.186. The van der Waals surface area contributed by atoms with Gasteiger partial charge in [-0.15, -0.1) is 0 Å². The second-order valence-corrected chi connectivity index (χ2v) is 7.50. The molecular weight excluding hydrogens is 430 g/mol. The average Bonchev–Trinajstić information content (AvgIpc) is 2.57. The van der Waals surface area contributed by atoms with Crippen molar-refractivity contribution in [3.8, 4) is 0 Å². The molecule has 0 saturated carbocycles. The molecule has 0 amide bonds. The second kappa shape index (κ2) is 12.0. The predicted molar refractivity (Wildman–Crippen MR) is 93.0 cm³/mol. The van der Waals surface area contributed by atoms with Gasteiger partial charge in [0.2, 0.25) is 0 Å². The van der Waals surface area contributed by atoms with Crippen molar-refractivity contribution in [2.24, 2.45) is 10.2 Å². The molecule has 0 aliphatic heterocycles. The van der Waals surface area contributed by atoms with Gasteiger partial charge in [-0.2, -0.15) is 10.2 Å². The molecule has 28 heavy (non-hydrogen) atoms. The molecule has 0 saturated heterocycles. The number of rotatable bonds is 7. The first kappa shape index (κ1) is 27.2. The molecule has 14 heteroatoms. The molecule has 0 atom stereocenters. The summed E-state index contributed by atoms with van der Waals surface area (Å²) >= 11 is 0. The number of nitrogens with zero attached hydrogens (tertiary/aromatic N) is 2. The molecule has 0 fully saturated rings. The molecule has 0 radical (unpaired) electrons. The number of anilines is 2. The molecule has 0 aliphatic rings. The molecule has 0 heterocycles. The van der Waals surface area contributed by atoms with E-state index < -0.39 is 20.2 Å². The Kier molecular flexibility index (Phi) is 11.7. The summed E-state index contributed by atoms with van der Waals surface area (Å²) in [5, 5.41) is 7.60. The Morgan fingerprint density at radius 1 is 0.643 bits per heavy atom. The van der Waals surface area contributed by atoms with E-state index in [1.807, 2.05) is 0 Å². The molecule has 0 aromatic heterocycles. The summed E-state index contributed by atoms with van der Waals surface area (Å²) in [6.45, 7) is 0. The fraction of sp³-hybridized carbons (Fsp3) is 0. The Morgan fingerprint density at radius 3 is 1.18 bits per heavy atom. The van der Waals surface area contributed by atoms with Crippen LogP contribution in [0.3, 0.4) is 0 Å². The predicted octanol–water partition coefficient (Wildman–Crippen LogP) is -5.00. The largest absolute Gasteiger partial charge is 1.00 e. The molecular formula is C14H12N4Na2O6S2. The van der Waals surface area contributed by atoms with Crippen LogP contribution in [0.25, 0.3) is 0 Å². The Hall–Kier alpha value is -0.800. The van der Waals surface area contributed by atoms with Crippen LogP contribution in [0.1, 0.15) is 0 Å². The van der Waals surface area contributed by atoms with Gasteiger partial charge in [0.15, 0.2) is 0 Å². The Morgan fingerprint density at radius 2 is 0.929 bits per heavy atom. The zero-order chi connectivity index (χ0) is 19.2. The summed E-state index contributed by atoms with van der Waals surface area (Å²) in [6, 6.07) is 10.1. The van der Waals surface area contributed by atoms with Crippen LogP contribution in [0.5, 0.6) is 0 Å². The standard InChI is InChI=1S/C14H14N4O6S2.2Na/c19-25(20,21)13-5-1-11(2-6-13)17-15-9-10-16-18-12-3-7-14(8-4-12)26(22,23)24;;/h1-10,17-18H,(H,19,20,21)(H,22,23,24);;/q;2*+1/p-2/b15-9+,16-10+;;. The van der Waals surface area contributed by atoms with E-state index in [2.05, 4.69) is 21.1 Å².